The van der Waals surface area contributed by atoms with E-state index in [-0.39, 0.29) is 36.5 Å². The van der Waals surface area contributed by atoms with Gasteiger partial charge < -0.3 is 16.0 Å². The number of anilines is 1. The number of hydrogen-bond donors (Lipinski definition) is 2. The van der Waals surface area contributed by atoms with E-state index in [0.717, 1.165) is 30.2 Å². The van der Waals surface area contributed by atoms with Crippen molar-refractivity contribution in [2.45, 2.75) is 12.8 Å². The number of amides is 1. The molecule has 1 atom stereocenters. The highest BCUT2D eigenvalue weighted by Gasteiger charge is 2.23. The third-order valence-electron chi connectivity index (χ3n) is 4.17. The van der Waals surface area contributed by atoms with E-state index in [4.69, 9.17) is 5.73 Å². The summed E-state index contributed by atoms with van der Waals surface area (Å²) in [6, 6.07) is 6.55. The van der Waals surface area contributed by atoms with Gasteiger partial charge in [0.05, 0.1) is 5.01 Å². The first-order valence-corrected chi connectivity index (χ1v) is 8.97. The summed E-state index contributed by atoms with van der Waals surface area (Å²) >= 11 is 1.47. The number of nitrogens with zero attached hydrogens (tertiary/aromatic N) is 2. The first-order valence-electron chi connectivity index (χ1n) is 8.09. The molecule has 2 heterocycles. The molecule has 0 aliphatic carbocycles. The number of benzene rings is 1. The van der Waals surface area contributed by atoms with Gasteiger partial charge in [0.2, 0.25) is 0 Å². The summed E-state index contributed by atoms with van der Waals surface area (Å²) in [7, 11) is 0. The van der Waals surface area contributed by atoms with Crippen LogP contribution in [0.2, 0.25) is 0 Å². The molecule has 1 unspecified atom stereocenters. The molecule has 1 fully saturated rings. The van der Waals surface area contributed by atoms with E-state index in [1.54, 1.807) is 17.5 Å². The van der Waals surface area contributed by atoms with Crippen LogP contribution in [0.5, 0.6) is 0 Å². The molecule has 26 heavy (non-hydrogen) atoms. The Labute approximate surface area is 169 Å². The molecule has 1 aromatic heterocycles. The quantitative estimate of drug-likeness (QED) is 0.753. The van der Waals surface area contributed by atoms with Gasteiger partial charge in [-0.25, -0.2) is 9.37 Å². The normalized spacial score (nSPS) is 15.9. The predicted molar refractivity (Wildman–Crippen MR) is 108 cm³/mol. The van der Waals surface area contributed by atoms with Gasteiger partial charge in [0.1, 0.15) is 11.5 Å². The molecule has 1 saturated heterocycles. The van der Waals surface area contributed by atoms with Crippen molar-refractivity contribution >= 4 is 47.7 Å². The lowest BCUT2D eigenvalue weighted by molar-refractivity contribution is 0.0944. The molecule has 3 rings (SSSR count). The van der Waals surface area contributed by atoms with Gasteiger partial charge in [0.25, 0.3) is 5.91 Å². The standard InChI is InChI=1S/C17H21FN4OS.2ClH/c18-13-1-3-14(4-2-13)22-8-6-12(10-22)9-20-17(23)15-11-24-16(21-15)5-7-19;;/h1-4,11-12H,5-10,19H2,(H,20,23);2*1H. The van der Waals surface area contributed by atoms with E-state index < -0.39 is 0 Å². The molecule has 144 valence electrons. The van der Waals surface area contributed by atoms with Crippen LogP contribution in [-0.4, -0.2) is 37.1 Å². The maximum absolute atomic E-state index is 13.0. The second-order valence-corrected chi connectivity index (χ2v) is 6.89. The van der Waals surface area contributed by atoms with Gasteiger partial charge in [-0.2, -0.15) is 0 Å². The maximum atomic E-state index is 13.0. The zero-order chi connectivity index (χ0) is 16.9. The van der Waals surface area contributed by atoms with Crippen molar-refractivity contribution in [2.24, 2.45) is 11.7 Å². The Hall–Kier alpha value is -1.41. The van der Waals surface area contributed by atoms with Crippen LogP contribution in [-0.2, 0) is 6.42 Å². The summed E-state index contributed by atoms with van der Waals surface area (Å²) in [6.07, 6.45) is 1.71. The van der Waals surface area contributed by atoms with E-state index >= 15 is 0 Å². The summed E-state index contributed by atoms with van der Waals surface area (Å²) in [5, 5.41) is 5.64. The molecule has 1 amide bonds. The molecule has 0 bridgehead atoms. The van der Waals surface area contributed by atoms with E-state index in [2.05, 4.69) is 15.2 Å². The number of nitrogens with two attached hydrogens (primary N) is 1. The van der Waals surface area contributed by atoms with Crippen molar-refractivity contribution < 1.29 is 9.18 Å². The number of carbonyl (C=O) groups is 1. The SMILES string of the molecule is Cl.Cl.NCCc1nc(C(=O)NCC2CCN(c3ccc(F)cc3)C2)cs1. The molecule has 1 aliphatic heterocycles. The summed E-state index contributed by atoms with van der Waals surface area (Å²) in [5.41, 5.74) is 6.99. The summed E-state index contributed by atoms with van der Waals surface area (Å²) < 4.78 is 13.0. The number of nitrogens with one attached hydrogen (secondary N) is 1. The molecule has 0 radical (unpaired) electrons. The highest BCUT2D eigenvalue weighted by molar-refractivity contribution is 7.09. The first-order chi connectivity index (χ1) is 11.7. The maximum Gasteiger partial charge on any atom is 0.270 e. The summed E-state index contributed by atoms with van der Waals surface area (Å²) in [6.45, 7) is 2.95. The monoisotopic (exact) mass is 420 g/mol. The van der Waals surface area contributed by atoms with E-state index in [0.29, 0.717) is 31.1 Å². The Bertz CT molecular complexity index is 698. The molecule has 5 nitrogen and oxygen atoms in total. The van der Waals surface area contributed by atoms with Gasteiger partial charge in [0, 0.05) is 37.1 Å². The fourth-order valence-electron chi connectivity index (χ4n) is 2.87. The van der Waals surface area contributed by atoms with E-state index in [9.17, 15) is 9.18 Å². The third-order valence-corrected chi connectivity index (χ3v) is 5.08. The predicted octanol–water partition coefficient (Wildman–Crippen LogP) is 2.88. The molecule has 2 aromatic rings. The van der Waals surface area contributed by atoms with Crippen LogP contribution in [0.25, 0.3) is 0 Å². The molecule has 1 aliphatic rings. The van der Waals surface area contributed by atoms with Crippen LogP contribution in [0.15, 0.2) is 29.6 Å². The lowest BCUT2D eigenvalue weighted by atomic mass is 10.1. The Morgan fingerprint density at radius 1 is 1.35 bits per heavy atom. The fraction of sp³-hybridized carbons (Fsp3) is 0.412. The number of halogens is 3. The number of carbonyl (C=O) groups excluding carboxylic acids is 1. The fourth-order valence-corrected chi connectivity index (χ4v) is 3.66. The Kier molecular flexibility index (Phi) is 9.29. The zero-order valence-corrected chi connectivity index (χ0v) is 16.6. The zero-order valence-electron chi connectivity index (χ0n) is 14.2. The first kappa shape index (κ1) is 22.6. The van der Waals surface area contributed by atoms with Crippen LogP contribution in [0.1, 0.15) is 21.9 Å². The molecule has 0 spiro atoms. The van der Waals surface area contributed by atoms with Crippen molar-refractivity contribution in [3.05, 3.63) is 46.2 Å². The minimum absolute atomic E-state index is 0. The van der Waals surface area contributed by atoms with E-state index in [1.807, 2.05) is 0 Å². The van der Waals surface area contributed by atoms with Gasteiger partial charge in [-0.1, -0.05) is 0 Å². The van der Waals surface area contributed by atoms with Gasteiger partial charge in [-0.15, -0.1) is 36.2 Å². The lowest BCUT2D eigenvalue weighted by Crippen LogP contribution is -2.31. The van der Waals surface area contributed by atoms with Crippen LogP contribution in [0.4, 0.5) is 10.1 Å². The van der Waals surface area contributed by atoms with Gasteiger partial charge in [-0.05, 0) is 43.1 Å². The average Bonchev–Trinajstić information content (AvgIpc) is 3.23. The van der Waals surface area contributed by atoms with Crippen molar-refractivity contribution in [1.82, 2.24) is 10.3 Å². The van der Waals surface area contributed by atoms with E-state index in [1.165, 1.54) is 23.5 Å². The highest BCUT2D eigenvalue weighted by Crippen LogP contribution is 2.23. The topological polar surface area (TPSA) is 71.2 Å². The van der Waals surface area contributed by atoms with Crippen LogP contribution < -0.4 is 16.0 Å². The average molecular weight is 421 g/mol. The Balaban J connectivity index is 0.00000169. The second kappa shape index (κ2) is 10.7. The van der Waals surface area contributed by atoms with Crippen molar-refractivity contribution in [2.75, 3.05) is 31.1 Å². The number of hydrogen-bond acceptors (Lipinski definition) is 5. The Morgan fingerprint density at radius 3 is 2.77 bits per heavy atom. The van der Waals surface area contributed by atoms with Gasteiger partial charge >= 0.3 is 0 Å². The minimum atomic E-state index is -0.223. The Morgan fingerprint density at radius 2 is 2.08 bits per heavy atom. The second-order valence-electron chi connectivity index (χ2n) is 5.95. The number of aromatic nitrogens is 1. The van der Waals surface area contributed by atoms with Gasteiger partial charge in [-0.3, -0.25) is 4.79 Å². The van der Waals surface area contributed by atoms with Crippen molar-refractivity contribution in [3.63, 3.8) is 0 Å². The summed E-state index contributed by atoms with van der Waals surface area (Å²) in [4.78, 5) is 18.7. The smallest absolute Gasteiger partial charge is 0.270 e. The van der Waals surface area contributed by atoms with Crippen LogP contribution in [0, 0.1) is 11.7 Å². The minimum Gasteiger partial charge on any atom is -0.371 e. The molecular formula is C17H23Cl2FN4OS. The molecular weight excluding hydrogens is 398 g/mol. The highest BCUT2D eigenvalue weighted by atomic mass is 35.5. The third kappa shape index (κ3) is 5.81. The van der Waals surface area contributed by atoms with Crippen molar-refractivity contribution in [1.29, 1.82) is 0 Å². The lowest BCUT2D eigenvalue weighted by Gasteiger charge is -2.18. The summed E-state index contributed by atoms with van der Waals surface area (Å²) in [5.74, 6) is 0.0370. The molecule has 0 saturated carbocycles. The number of thiazole rings is 1. The largest absolute Gasteiger partial charge is 0.371 e. The number of rotatable bonds is 6. The van der Waals surface area contributed by atoms with Crippen molar-refractivity contribution in [3.8, 4) is 0 Å². The van der Waals surface area contributed by atoms with Gasteiger partial charge in [0.15, 0.2) is 0 Å². The molecule has 9 heteroatoms. The molecule has 3 N–H and O–H groups in total. The van der Waals surface area contributed by atoms with Crippen LogP contribution >= 0.6 is 36.2 Å². The molecule has 1 aromatic carbocycles. The van der Waals surface area contributed by atoms with Crippen LogP contribution in [0.3, 0.4) is 0 Å².